The van der Waals surface area contributed by atoms with E-state index in [2.05, 4.69) is 17.0 Å². The first-order valence-corrected chi connectivity index (χ1v) is 8.70. The zero-order valence-corrected chi connectivity index (χ0v) is 14.9. The molecule has 0 saturated heterocycles. The summed E-state index contributed by atoms with van der Waals surface area (Å²) in [5.41, 5.74) is 2.65. The van der Waals surface area contributed by atoms with Crippen molar-refractivity contribution in [3.63, 3.8) is 0 Å². The van der Waals surface area contributed by atoms with E-state index in [4.69, 9.17) is 0 Å². The van der Waals surface area contributed by atoms with E-state index in [1.54, 1.807) is 24.3 Å². The Hall–Kier alpha value is -1.86. The SMILES string of the molecule is CCc1sc(C(=O)NCc2ccc(COCC(F)(F)F)cc2)cc1C. The number of hydrogen-bond acceptors (Lipinski definition) is 3. The third kappa shape index (κ3) is 6.17. The fraction of sp³-hybridized carbons (Fsp3) is 0.389. The monoisotopic (exact) mass is 371 g/mol. The van der Waals surface area contributed by atoms with Crippen LogP contribution in [-0.2, 0) is 24.3 Å². The summed E-state index contributed by atoms with van der Waals surface area (Å²) in [7, 11) is 0. The average molecular weight is 371 g/mol. The number of alkyl halides is 3. The van der Waals surface area contributed by atoms with Crippen LogP contribution in [0.2, 0.25) is 0 Å². The second kappa shape index (κ2) is 8.49. The van der Waals surface area contributed by atoms with Gasteiger partial charge in [0.25, 0.3) is 5.91 Å². The molecule has 0 atom stereocenters. The van der Waals surface area contributed by atoms with Crippen LogP contribution in [0.5, 0.6) is 0 Å². The molecule has 0 bridgehead atoms. The van der Waals surface area contributed by atoms with Crippen LogP contribution < -0.4 is 5.32 Å². The highest BCUT2D eigenvalue weighted by Crippen LogP contribution is 2.22. The molecule has 1 heterocycles. The summed E-state index contributed by atoms with van der Waals surface area (Å²) in [6.07, 6.45) is -3.41. The molecule has 0 aliphatic carbocycles. The van der Waals surface area contributed by atoms with Crippen LogP contribution in [0.15, 0.2) is 30.3 Å². The van der Waals surface area contributed by atoms with Crippen LogP contribution in [0, 0.1) is 6.92 Å². The van der Waals surface area contributed by atoms with Crippen LogP contribution in [0.3, 0.4) is 0 Å². The number of carbonyl (C=O) groups is 1. The molecule has 0 fully saturated rings. The number of thiophene rings is 1. The van der Waals surface area contributed by atoms with Gasteiger partial charge in [-0.2, -0.15) is 13.2 Å². The molecule has 0 spiro atoms. The maximum Gasteiger partial charge on any atom is 0.411 e. The smallest absolute Gasteiger partial charge is 0.367 e. The molecule has 0 radical (unpaired) electrons. The van der Waals surface area contributed by atoms with Crippen LogP contribution >= 0.6 is 11.3 Å². The third-order valence-corrected chi connectivity index (χ3v) is 4.96. The Morgan fingerprint density at radius 2 is 1.84 bits per heavy atom. The third-order valence-electron chi connectivity index (χ3n) is 3.58. The van der Waals surface area contributed by atoms with Crippen molar-refractivity contribution in [1.82, 2.24) is 5.32 Å². The number of hydrogen-bond donors (Lipinski definition) is 1. The minimum Gasteiger partial charge on any atom is -0.367 e. The van der Waals surface area contributed by atoms with E-state index in [9.17, 15) is 18.0 Å². The molecule has 0 aliphatic heterocycles. The number of carbonyl (C=O) groups excluding carboxylic acids is 1. The first kappa shape index (κ1) is 19.5. The van der Waals surface area contributed by atoms with Gasteiger partial charge in [-0.25, -0.2) is 0 Å². The maximum absolute atomic E-state index is 12.2. The van der Waals surface area contributed by atoms with Gasteiger partial charge in [0.2, 0.25) is 0 Å². The minimum absolute atomic E-state index is 0.0968. The summed E-state index contributed by atoms with van der Waals surface area (Å²) in [5.74, 6) is -0.120. The highest BCUT2D eigenvalue weighted by atomic mass is 32.1. The van der Waals surface area contributed by atoms with Gasteiger partial charge in [0.05, 0.1) is 11.5 Å². The van der Waals surface area contributed by atoms with Gasteiger partial charge in [0, 0.05) is 11.4 Å². The first-order valence-electron chi connectivity index (χ1n) is 7.88. The Morgan fingerprint density at radius 3 is 2.40 bits per heavy atom. The molecule has 1 aromatic carbocycles. The molecule has 25 heavy (non-hydrogen) atoms. The fourth-order valence-electron chi connectivity index (χ4n) is 2.29. The van der Waals surface area contributed by atoms with Gasteiger partial charge in [-0.1, -0.05) is 31.2 Å². The van der Waals surface area contributed by atoms with Crippen LogP contribution in [0.4, 0.5) is 13.2 Å². The molecular formula is C18H20F3NO2S. The lowest BCUT2D eigenvalue weighted by molar-refractivity contribution is -0.176. The Morgan fingerprint density at radius 1 is 1.20 bits per heavy atom. The van der Waals surface area contributed by atoms with E-state index in [-0.39, 0.29) is 12.5 Å². The zero-order chi connectivity index (χ0) is 18.4. The standard InChI is InChI=1S/C18H20F3NO2S/c1-3-15-12(2)8-16(25-15)17(23)22-9-13-4-6-14(7-5-13)10-24-11-18(19,20)21/h4-8H,3,9-11H2,1-2H3,(H,22,23). The number of nitrogens with one attached hydrogen (secondary N) is 1. The van der Waals surface area contributed by atoms with Crippen molar-refractivity contribution < 1.29 is 22.7 Å². The number of halogens is 3. The van der Waals surface area contributed by atoms with Crippen molar-refractivity contribution in [2.75, 3.05) is 6.61 Å². The zero-order valence-electron chi connectivity index (χ0n) is 14.1. The largest absolute Gasteiger partial charge is 0.411 e. The number of amides is 1. The predicted molar refractivity (Wildman–Crippen MR) is 91.8 cm³/mol. The number of aryl methyl sites for hydroxylation is 2. The maximum atomic E-state index is 12.2. The molecule has 1 N–H and O–H groups in total. The van der Waals surface area contributed by atoms with Gasteiger partial charge < -0.3 is 10.1 Å². The number of benzene rings is 1. The van der Waals surface area contributed by atoms with Gasteiger partial charge in [-0.3, -0.25) is 4.79 Å². The average Bonchev–Trinajstić information content (AvgIpc) is 2.93. The number of ether oxygens (including phenoxy) is 1. The van der Waals surface area contributed by atoms with E-state index in [0.29, 0.717) is 17.0 Å². The second-order valence-electron chi connectivity index (χ2n) is 5.68. The molecule has 3 nitrogen and oxygen atoms in total. The van der Waals surface area contributed by atoms with E-state index in [1.807, 2.05) is 13.0 Å². The lowest BCUT2D eigenvalue weighted by Gasteiger charge is -2.08. The predicted octanol–water partition coefficient (Wildman–Crippen LogP) is 4.63. The Kier molecular flexibility index (Phi) is 6.61. The highest BCUT2D eigenvalue weighted by molar-refractivity contribution is 7.14. The van der Waals surface area contributed by atoms with Crippen molar-refractivity contribution in [3.8, 4) is 0 Å². The van der Waals surface area contributed by atoms with Crippen molar-refractivity contribution >= 4 is 17.2 Å². The first-order chi connectivity index (χ1) is 11.8. The molecule has 2 rings (SSSR count). The van der Waals surface area contributed by atoms with Crippen molar-refractivity contribution in [2.45, 2.75) is 39.6 Å². The summed E-state index contributed by atoms with van der Waals surface area (Å²) in [4.78, 5) is 14.1. The van der Waals surface area contributed by atoms with Crippen LogP contribution in [-0.4, -0.2) is 18.7 Å². The molecule has 0 aliphatic rings. The van der Waals surface area contributed by atoms with Gasteiger partial charge >= 0.3 is 6.18 Å². The molecule has 1 amide bonds. The molecule has 7 heteroatoms. The quantitative estimate of drug-likeness (QED) is 0.771. The Bertz CT molecular complexity index is 708. The van der Waals surface area contributed by atoms with Gasteiger partial charge in [-0.15, -0.1) is 11.3 Å². The van der Waals surface area contributed by atoms with E-state index in [1.165, 1.54) is 16.2 Å². The molecule has 2 aromatic rings. The van der Waals surface area contributed by atoms with Crippen molar-refractivity contribution in [1.29, 1.82) is 0 Å². The molecule has 1 aromatic heterocycles. The summed E-state index contributed by atoms with van der Waals surface area (Å²) in [6.45, 7) is 3.05. The van der Waals surface area contributed by atoms with Crippen molar-refractivity contribution in [2.24, 2.45) is 0 Å². The molecular weight excluding hydrogens is 351 g/mol. The summed E-state index contributed by atoms with van der Waals surface area (Å²) in [5, 5.41) is 2.85. The van der Waals surface area contributed by atoms with E-state index in [0.717, 1.165) is 17.5 Å². The Labute approximate surface area is 148 Å². The van der Waals surface area contributed by atoms with E-state index < -0.39 is 12.8 Å². The molecule has 136 valence electrons. The molecule has 0 unspecified atom stereocenters. The summed E-state index contributed by atoms with van der Waals surface area (Å²) in [6, 6.07) is 8.82. The van der Waals surface area contributed by atoms with Gasteiger partial charge in [0.1, 0.15) is 6.61 Å². The summed E-state index contributed by atoms with van der Waals surface area (Å²) >= 11 is 1.50. The minimum atomic E-state index is -4.32. The topological polar surface area (TPSA) is 38.3 Å². The van der Waals surface area contributed by atoms with Crippen LogP contribution in [0.25, 0.3) is 0 Å². The van der Waals surface area contributed by atoms with Crippen molar-refractivity contribution in [3.05, 3.63) is 56.8 Å². The Balaban J connectivity index is 1.83. The summed E-state index contributed by atoms with van der Waals surface area (Å²) < 4.78 is 40.7. The molecule has 0 saturated carbocycles. The highest BCUT2D eigenvalue weighted by Gasteiger charge is 2.27. The second-order valence-corrected chi connectivity index (χ2v) is 6.81. The van der Waals surface area contributed by atoms with Gasteiger partial charge in [0.15, 0.2) is 0 Å². The number of rotatable bonds is 7. The van der Waals surface area contributed by atoms with E-state index >= 15 is 0 Å². The van der Waals surface area contributed by atoms with Crippen LogP contribution in [0.1, 0.15) is 38.2 Å². The fourth-order valence-corrected chi connectivity index (χ4v) is 3.32. The van der Waals surface area contributed by atoms with Gasteiger partial charge in [-0.05, 0) is 36.1 Å². The normalized spacial score (nSPS) is 11.6. The lowest BCUT2D eigenvalue weighted by Crippen LogP contribution is -2.21. The lowest BCUT2D eigenvalue weighted by atomic mass is 10.1.